The van der Waals surface area contributed by atoms with Crippen LogP contribution in [-0.4, -0.2) is 10.1 Å². The Balaban J connectivity index is 2.00. The molecular weight excluding hydrogens is 244 g/mol. The van der Waals surface area contributed by atoms with Gasteiger partial charge in [0, 0.05) is 5.56 Å². The maximum absolute atomic E-state index is 5.31. The minimum Gasteiger partial charge on any atom is -0.334 e. The maximum atomic E-state index is 5.31. The zero-order valence-electron chi connectivity index (χ0n) is 10.2. The summed E-state index contributed by atoms with van der Waals surface area (Å²) in [5.41, 5.74) is 3.45. The van der Waals surface area contributed by atoms with Crippen LogP contribution in [0, 0.1) is 13.8 Å². The monoisotopic (exact) mass is 256 g/mol. The van der Waals surface area contributed by atoms with Gasteiger partial charge >= 0.3 is 0 Å². The molecule has 0 radical (unpaired) electrons. The van der Waals surface area contributed by atoms with Gasteiger partial charge in [0.05, 0.1) is 4.88 Å². The maximum Gasteiger partial charge on any atom is 0.258 e. The number of aryl methyl sites for hydroxylation is 2. The fourth-order valence-electron chi connectivity index (χ4n) is 1.72. The van der Waals surface area contributed by atoms with Crippen LogP contribution in [0.2, 0.25) is 0 Å². The van der Waals surface area contributed by atoms with Crippen molar-refractivity contribution in [2.24, 2.45) is 0 Å². The van der Waals surface area contributed by atoms with Gasteiger partial charge in [0.15, 0.2) is 0 Å². The van der Waals surface area contributed by atoms with Crippen LogP contribution in [-0.2, 0) is 0 Å². The van der Waals surface area contributed by atoms with Crippen LogP contribution in [0.5, 0.6) is 0 Å². The fraction of sp³-hybridized carbons (Fsp3) is 0.143. The molecule has 0 spiro atoms. The molecule has 0 unspecified atom stereocenters. The Morgan fingerprint density at radius 1 is 1.11 bits per heavy atom. The van der Waals surface area contributed by atoms with Crippen LogP contribution < -0.4 is 0 Å². The predicted octanol–water partition coefficient (Wildman–Crippen LogP) is 4.08. The summed E-state index contributed by atoms with van der Waals surface area (Å²) in [4.78, 5) is 5.45. The fourth-order valence-corrected chi connectivity index (χ4v) is 2.37. The van der Waals surface area contributed by atoms with Crippen LogP contribution in [0.3, 0.4) is 0 Å². The van der Waals surface area contributed by atoms with Crippen LogP contribution in [0.15, 0.2) is 40.2 Å². The van der Waals surface area contributed by atoms with Crippen molar-refractivity contribution in [2.45, 2.75) is 13.8 Å². The third-order valence-electron chi connectivity index (χ3n) is 2.92. The molecule has 3 rings (SSSR count). The number of thiophene rings is 1. The second-order valence-electron chi connectivity index (χ2n) is 4.20. The van der Waals surface area contributed by atoms with Gasteiger partial charge < -0.3 is 4.52 Å². The van der Waals surface area contributed by atoms with E-state index < -0.39 is 0 Å². The molecule has 4 heteroatoms. The number of nitrogens with zero attached hydrogens (tertiary/aromatic N) is 2. The zero-order valence-corrected chi connectivity index (χ0v) is 11.0. The highest BCUT2D eigenvalue weighted by Crippen LogP contribution is 2.26. The molecule has 0 bridgehead atoms. The Kier molecular flexibility index (Phi) is 2.72. The molecule has 0 atom stereocenters. The van der Waals surface area contributed by atoms with E-state index in [9.17, 15) is 0 Å². The zero-order chi connectivity index (χ0) is 12.5. The van der Waals surface area contributed by atoms with Gasteiger partial charge in [-0.05, 0) is 48.6 Å². The average Bonchev–Trinajstić information content (AvgIpc) is 3.01. The average molecular weight is 256 g/mol. The molecule has 2 aromatic heterocycles. The van der Waals surface area contributed by atoms with Gasteiger partial charge in [0.1, 0.15) is 0 Å². The molecule has 3 aromatic rings. The summed E-state index contributed by atoms with van der Waals surface area (Å²) < 4.78 is 5.31. The molecule has 90 valence electrons. The minimum absolute atomic E-state index is 0.571. The largest absolute Gasteiger partial charge is 0.334 e. The number of rotatable bonds is 2. The Labute approximate surface area is 109 Å². The molecule has 0 aliphatic rings. The first-order valence-electron chi connectivity index (χ1n) is 5.69. The molecule has 18 heavy (non-hydrogen) atoms. The van der Waals surface area contributed by atoms with Crippen molar-refractivity contribution < 1.29 is 4.52 Å². The molecule has 0 N–H and O–H groups in total. The number of hydrogen-bond acceptors (Lipinski definition) is 4. The molecule has 0 aliphatic heterocycles. The van der Waals surface area contributed by atoms with Crippen molar-refractivity contribution in [3.8, 4) is 22.2 Å². The van der Waals surface area contributed by atoms with E-state index in [0.717, 1.165) is 10.4 Å². The van der Waals surface area contributed by atoms with Gasteiger partial charge in [-0.25, -0.2) is 0 Å². The quantitative estimate of drug-likeness (QED) is 0.693. The number of hydrogen-bond donors (Lipinski definition) is 0. The molecule has 0 amide bonds. The topological polar surface area (TPSA) is 38.9 Å². The smallest absolute Gasteiger partial charge is 0.258 e. The van der Waals surface area contributed by atoms with Gasteiger partial charge in [-0.3, -0.25) is 0 Å². The van der Waals surface area contributed by atoms with Gasteiger partial charge in [-0.1, -0.05) is 17.3 Å². The molecule has 2 heterocycles. The van der Waals surface area contributed by atoms with Crippen LogP contribution in [0.25, 0.3) is 22.2 Å². The van der Waals surface area contributed by atoms with E-state index in [-0.39, 0.29) is 0 Å². The predicted molar refractivity (Wildman–Crippen MR) is 72.5 cm³/mol. The van der Waals surface area contributed by atoms with E-state index in [1.807, 2.05) is 23.6 Å². The van der Waals surface area contributed by atoms with E-state index in [1.54, 1.807) is 11.3 Å². The van der Waals surface area contributed by atoms with Crippen molar-refractivity contribution in [3.63, 3.8) is 0 Å². The first-order chi connectivity index (χ1) is 8.74. The molecule has 0 saturated heterocycles. The Hall–Kier alpha value is -1.94. The second-order valence-corrected chi connectivity index (χ2v) is 5.15. The second kappa shape index (κ2) is 4.38. The van der Waals surface area contributed by atoms with Crippen LogP contribution >= 0.6 is 11.3 Å². The standard InChI is InChI=1S/C14H12N2OS/c1-9-5-6-11(8-10(9)2)14-15-13(16-17-14)12-4-3-7-18-12/h3-8H,1-2H3. The normalized spacial score (nSPS) is 10.8. The summed E-state index contributed by atoms with van der Waals surface area (Å²) in [6.07, 6.45) is 0. The number of aromatic nitrogens is 2. The highest BCUT2D eigenvalue weighted by atomic mass is 32.1. The first-order valence-corrected chi connectivity index (χ1v) is 6.57. The van der Waals surface area contributed by atoms with Gasteiger partial charge in [-0.2, -0.15) is 4.98 Å². The third kappa shape index (κ3) is 1.95. The highest BCUT2D eigenvalue weighted by Gasteiger charge is 2.11. The Bertz CT molecular complexity index is 671. The summed E-state index contributed by atoms with van der Waals surface area (Å²) in [5, 5.41) is 6.01. The Morgan fingerprint density at radius 2 is 2.00 bits per heavy atom. The van der Waals surface area contributed by atoms with E-state index >= 15 is 0 Å². The summed E-state index contributed by atoms with van der Waals surface area (Å²) in [6, 6.07) is 10.1. The molecule has 0 fully saturated rings. The molecule has 3 nitrogen and oxygen atoms in total. The molecule has 1 aromatic carbocycles. The van der Waals surface area contributed by atoms with Crippen molar-refractivity contribution >= 4 is 11.3 Å². The Morgan fingerprint density at radius 3 is 2.72 bits per heavy atom. The van der Waals surface area contributed by atoms with Gasteiger partial charge in [-0.15, -0.1) is 11.3 Å². The third-order valence-corrected chi connectivity index (χ3v) is 3.79. The van der Waals surface area contributed by atoms with E-state index in [1.165, 1.54) is 11.1 Å². The van der Waals surface area contributed by atoms with Crippen molar-refractivity contribution in [2.75, 3.05) is 0 Å². The highest BCUT2D eigenvalue weighted by molar-refractivity contribution is 7.13. The lowest BCUT2D eigenvalue weighted by molar-refractivity contribution is 0.432. The van der Waals surface area contributed by atoms with Gasteiger partial charge in [0.25, 0.3) is 5.89 Å². The SMILES string of the molecule is Cc1ccc(-c2nc(-c3cccs3)no2)cc1C. The van der Waals surface area contributed by atoms with Crippen molar-refractivity contribution in [3.05, 3.63) is 46.8 Å². The van der Waals surface area contributed by atoms with Crippen molar-refractivity contribution in [1.82, 2.24) is 10.1 Å². The summed E-state index contributed by atoms with van der Waals surface area (Å²) in [6.45, 7) is 4.17. The molecule has 0 saturated carbocycles. The van der Waals surface area contributed by atoms with Crippen LogP contribution in [0.1, 0.15) is 11.1 Å². The summed E-state index contributed by atoms with van der Waals surface area (Å²) >= 11 is 1.61. The van der Waals surface area contributed by atoms with E-state index in [4.69, 9.17) is 4.52 Å². The minimum atomic E-state index is 0.571. The lowest BCUT2D eigenvalue weighted by Crippen LogP contribution is -1.83. The lowest BCUT2D eigenvalue weighted by atomic mass is 10.1. The van der Waals surface area contributed by atoms with Crippen molar-refractivity contribution in [1.29, 1.82) is 0 Å². The van der Waals surface area contributed by atoms with Crippen LogP contribution in [0.4, 0.5) is 0 Å². The molecular formula is C14H12N2OS. The summed E-state index contributed by atoms with van der Waals surface area (Å²) in [5.74, 6) is 1.22. The number of benzene rings is 1. The molecule has 0 aliphatic carbocycles. The summed E-state index contributed by atoms with van der Waals surface area (Å²) in [7, 11) is 0. The van der Waals surface area contributed by atoms with Gasteiger partial charge in [0.2, 0.25) is 5.82 Å². The van der Waals surface area contributed by atoms with E-state index in [2.05, 4.69) is 36.1 Å². The van der Waals surface area contributed by atoms with E-state index in [0.29, 0.717) is 11.7 Å². The lowest BCUT2D eigenvalue weighted by Gasteiger charge is -2.00. The first kappa shape index (κ1) is 11.2.